The van der Waals surface area contributed by atoms with E-state index in [2.05, 4.69) is 0 Å². The van der Waals surface area contributed by atoms with Crippen molar-refractivity contribution in [1.29, 1.82) is 0 Å². The molecule has 2 aromatic rings. The SMILES string of the molecule is Cc1cccc(N2CCN(S(=O)(=O)c3ccccc3)C(C)C2=O)c1C. The number of sulfonamides is 1. The van der Waals surface area contributed by atoms with Crippen molar-refractivity contribution in [3.8, 4) is 0 Å². The summed E-state index contributed by atoms with van der Waals surface area (Å²) in [6, 6.07) is 13.4. The van der Waals surface area contributed by atoms with Crippen LogP contribution in [0, 0.1) is 13.8 Å². The summed E-state index contributed by atoms with van der Waals surface area (Å²) in [5, 5.41) is 0. The van der Waals surface area contributed by atoms with Crippen molar-refractivity contribution in [3.05, 3.63) is 59.7 Å². The number of hydrogen-bond donors (Lipinski definition) is 0. The molecule has 2 aromatic carbocycles. The predicted molar refractivity (Wildman–Crippen MR) is 98.1 cm³/mol. The Kier molecular flexibility index (Phi) is 4.67. The van der Waals surface area contributed by atoms with Gasteiger partial charge in [0.2, 0.25) is 15.9 Å². The maximum atomic E-state index is 12.9. The molecule has 3 rings (SSSR count). The van der Waals surface area contributed by atoms with Gasteiger partial charge in [-0.2, -0.15) is 4.31 Å². The van der Waals surface area contributed by atoms with Gasteiger partial charge in [0.05, 0.1) is 4.90 Å². The first kappa shape index (κ1) is 17.6. The second-order valence-electron chi connectivity index (χ2n) is 6.31. The quantitative estimate of drug-likeness (QED) is 0.848. The number of nitrogens with zero attached hydrogens (tertiary/aromatic N) is 2. The number of benzene rings is 2. The van der Waals surface area contributed by atoms with E-state index in [1.165, 1.54) is 4.31 Å². The molecule has 0 radical (unpaired) electrons. The van der Waals surface area contributed by atoms with E-state index in [4.69, 9.17) is 0 Å². The number of aryl methyl sites for hydroxylation is 1. The third kappa shape index (κ3) is 3.07. The first-order valence-corrected chi connectivity index (χ1v) is 9.72. The minimum atomic E-state index is -3.68. The van der Waals surface area contributed by atoms with Gasteiger partial charge >= 0.3 is 0 Å². The maximum absolute atomic E-state index is 12.9. The molecule has 1 amide bonds. The second kappa shape index (κ2) is 6.61. The fraction of sp³-hybridized carbons (Fsp3) is 0.316. The normalized spacial score (nSPS) is 19.2. The van der Waals surface area contributed by atoms with Gasteiger partial charge in [-0.05, 0) is 50.1 Å². The number of piperazine rings is 1. The summed E-state index contributed by atoms with van der Waals surface area (Å²) in [5.41, 5.74) is 3.01. The smallest absolute Gasteiger partial charge is 0.245 e. The van der Waals surface area contributed by atoms with Gasteiger partial charge in [-0.25, -0.2) is 8.42 Å². The molecule has 1 aliphatic rings. The molecule has 25 heavy (non-hydrogen) atoms. The molecule has 1 fully saturated rings. The van der Waals surface area contributed by atoms with Crippen LogP contribution in [0.2, 0.25) is 0 Å². The highest BCUT2D eigenvalue weighted by Crippen LogP contribution is 2.28. The lowest BCUT2D eigenvalue weighted by Gasteiger charge is -2.38. The molecular weight excluding hydrogens is 336 g/mol. The Morgan fingerprint density at radius 1 is 0.960 bits per heavy atom. The van der Waals surface area contributed by atoms with Crippen molar-refractivity contribution < 1.29 is 13.2 Å². The molecule has 1 aliphatic heterocycles. The van der Waals surface area contributed by atoms with Crippen molar-refractivity contribution in [2.75, 3.05) is 18.0 Å². The molecule has 0 aromatic heterocycles. The Morgan fingerprint density at radius 2 is 1.64 bits per heavy atom. The van der Waals surface area contributed by atoms with Gasteiger partial charge in [-0.15, -0.1) is 0 Å². The highest BCUT2D eigenvalue weighted by molar-refractivity contribution is 7.89. The van der Waals surface area contributed by atoms with Crippen LogP contribution < -0.4 is 4.90 Å². The molecular formula is C19H22N2O3S. The van der Waals surface area contributed by atoms with Crippen LogP contribution in [-0.4, -0.2) is 37.8 Å². The molecule has 1 atom stereocenters. The van der Waals surface area contributed by atoms with Crippen molar-refractivity contribution in [1.82, 2.24) is 4.31 Å². The van der Waals surface area contributed by atoms with E-state index in [1.54, 1.807) is 42.2 Å². The summed E-state index contributed by atoms with van der Waals surface area (Å²) in [6.07, 6.45) is 0. The Hall–Kier alpha value is -2.18. The van der Waals surface area contributed by atoms with Crippen molar-refractivity contribution in [3.63, 3.8) is 0 Å². The molecule has 1 unspecified atom stereocenters. The minimum Gasteiger partial charge on any atom is -0.309 e. The van der Waals surface area contributed by atoms with Crippen LogP contribution in [0.1, 0.15) is 18.1 Å². The number of hydrogen-bond acceptors (Lipinski definition) is 3. The minimum absolute atomic E-state index is 0.195. The molecule has 132 valence electrons. The Balaban J connectivity index is 1.91. The Bertz CT molecular complexity index is 894. The largest absolute Gasteiger partial charge is 0.309 e. The van der Waals surface area contributed by atoms with E-state index in [0.29, 0.717) is 6.54 Å². The van der Waals surface area contributed by atoms with Crippen molar-refractivity contribution in [2.24, 2.45) is 0 Å². The summed E-state index contributed by atoms with van der Waals surface area (Å²) in [6.45, 7) is 6.26. The average Bonchev–Trinajstić information content (AvgIpc) is 2.60. The fourth-order valence-corrected chi connectivity index (χ4v) is 4.77. The van der Waals surface area contributed by atoms with Gasteiger partial charge in [0, 0.05) is 18.8 Å². The summed E-state index contributed by atoms with van der Waals surface area (Å²) in [4.78, 5) is 14.8. The lowest BCUT2D eigenvalue weighted by atomic mass is 10.1. The summed E-state index contributed by atoms with van der Waals surface area (Å²) in [5.74, 6) is -0.195. The van der Waals surface area contributed by atoms with Crippen LogP contribution >= 0.6 is 0 Å². The third-order valence-electron chi connectivity index (χ3n) is 4.82. The van der Waals surface area contributed by atoms with Crippen LogP contribution in [0.4, 0.5) is 5.69 Å². The molecule has 0 aliphatic carbocycles. The standard InChI is InChI=1S/C19H22N2O3S/c1-14-8-7-11-18(15(14)2)20-12-13-21(16(3)19(20)22)25(23,24)17-9-5-4-6-10-17/h4-11,16H,12-13H2,1-3H3. The van der Waals surface area contributed by atoms with E-state index >= 15 is 0 Å². The summed E-state index contributed by atoms with van der Waals surface area (Å²) >= 11 is 0. The Labute approximate surface area is 148 Å². The first-order chi connectivity index (χ1) is 11.8. The monoisotopic (exact) mass is 358 g/mol. The van der Waals surface area contributed by atoms with Crippen LogP contribution in [0.15, 0.2) is 53.4 Å². The summed E-state index contributed by atoms with van der Waals surface area (Å²) in [7, 11) is -3.68. The van der Waals surface area contributed by atoms with Crippen LogP contribution in [0.25, 0.3) is 0 Å². The summed E-state index contributed by atoms with van der Waals surface area (Å²) < 4.78 is 27.0. The zero-order valence-electron chi connectivity index (χ0n) is 14.6. The molecule has 6 heteroatoms. The molecule has 0 spiro atoms. The average molecular weight is 358 g/mol. The highest BCUT2D eigenvalue weighted by Gasteiger charge is 2.39. The van der Waals surface area contributed by atoms with E-state index < -0.39 is 16.1 Å². The topological polar surface area (TPSA) is 57.7 Å². The molecule has 0 bridgehead atoms. The lowest BCUT2D eigenvalue weighted by Crippen LogP contribution is -2.57. The molecule has 5 nitrogen and oxygen atoms in total. The van der Waals surface area contributed by atoms with E-state index in [9.17, 15) is 13.2 Å². The van der Waals surface area contributed by atoms with Crippen LogP contribution in [0.3, 0.4) is 0 Å². The Morgan fingerprint density at radius 3 is 2.32 bits per heavy atom. The number of rotatable bonds is 3. The second-order valence-corrected chi connectivity index (χ2v) is 8.20. The zero-order chi connectivity index (χ0) is 18.2. The van der Waals surface area contributed by atoms with Crippen LogP contribution in [-0.2, 0) is 14.8 Å². The van der Waals surface area contributed by atoms with Crippen molar-refractivity contribution >= 4 is 21.6 Å². The molecule has 1 saturated heterocycles. The highest BCUT2D eigenvalue weighted by atomic mass is 32.2. The lowest BCUT2D eigenvalue weighted by molar-refractivity contribution is -0.123. The van der Waals surface area contributed by atoms with Crippen molar-refractivity contribution in [2.45, 2.75) is 31.7 Å². The van der Waals surface area contributed by atoms with Gasteiger partial charge in [0.1, 0.15) is 6.04 Å². The van der Waals surface area contributed by atoms with Gasteiger partial charge in [-0.3, -0.25) is 4.79 Å². The number of carbonyl (C=O) groups excluding carboxylic acids is 1. The zero-order valence-corrected chi connectivity index (χ0v) is 15.5. The number of carbonyl (C=O) groups is 1. The van der Waals surface area contributed by atoms with Crippen LogP contribution in [0.5, 0.6) is 0 Å². The number of anilines is 1. The van der Waals surface area contributed by atoms with Gasteiger partial charge in [0.15, 0.2) is 0 Å². The first-order valence-electron chi connectivity index (χ1n) is 8.28. The molecule has 0 saturated carbocycles. The van der Waals surface area contributed by atoms with E-state index in [-0.39, 0.29) is 17.3 Å². The van der Waals surface area contributed by atoms with Gasteiger partial charge < -0.3 is 4.90 Å². The predicted octanol–water partition coefficient (Wildman–Crippen LogP) is 2.73. The van der Waals surface area contributed by atoms with E-state index in [1.807, 2.05) is 32.0 Å². The molecule has 0 N–H and O–H groups in total. The van der Waals surface area contributed by atoms with Gasteiger partial charge in [0.25, 0.3) is 0 Å². The van der Waals surface area contributed by atoms with E-state index in [0.717, 1.165) is 16.8 Å². The fourth-order valence-electron chi connectivity index (χ4n) is 3.17. The number of amides is 1. The maximum Gasteiger partial charge on any atom is 0.245 e. The third-order valence-corrected chi connectivity index (χ3v) is 6.80. The van der Waals surface area contributed by atoms with Gasteiger partial charge in [-0.1, -0.05) is 30.3 Å². The molecule has 1 heterocycles.